The molecule has 2 N–H and O–H groups in total. The third-order valence-electron chi connectivity index (χ3n) is 9.92. The van der Waals surface area contributed by atoms with Crippen molar-refractivity contribution in [3.63, 3.8) is 0 Å². The maximum atomic E-state index is 13.9. The number of carboxylic acids is 1. The Morgan fingerprint density at radius 3 is 2.36 bits per heavy atom. The van der Waals surface area contributed by atoms with Crippen LogP contribution in [0.2, 0.25) is 0 Å². The molecule has 0 saturated heterocycles. The van der Waals surface area contributed by atoms with Gasteiger partial charge in [0.15, 0.2) is 10.8 Å². The van der Waals surface area contributed by atoms with Crippen molar-refractivity contribution in [2.45, 2.75) is 65.3 Å². The molecule has 1 aliphatic rings. The van der Waals surface area contributed by atoms with E-state index in [2.05, 4.69) is 10.3 Å². The highest BCUT2D eigenvalue weighted by molar-refractivity contribution is 7.22. The number of esters is 1. The molecule has 304 valence electrons. The Bertz CT molecular complexity index is 2520. The number of para-hydroxylation sites is 1. The normalized spacial score (nSPS) is 13.4. The van der Waals surface area contributed by atoms with Gasteiger partial charge < -0.3 is 19.5 Å². The summed E-state index contributed by atoms with van der Waals surface area (Å²) in [5.74, 6) is -3.09. The number of hydrogen-bond acceptors (Lipinski definition) is 9. The van der Waals surface area contributed by atoms with Gasteiger partial charge in [-0.15, -0.1) is 0 Å². The predicted octanol–water partition coefficient (Wildman–Crippen LogP) is 10.4. The maximum Gasteiger partial charge on any atom is 0.392 e. The van der Waals surface area contributed by atoms with Crippen molar-refractivity contribution >= 4 is 50.3 Å². The van der Waals surface area contributed by atoms with Crippen LogP contribution in [0, 0.1) is 12.8 Å². The lowest BCUT2D eigenvalue weighted by atomic mass is 9.94. The number of fused-ring (bicyclic) bond motifs is 2. The molecule has 4 aromatic carbocycles. The molecule has 0 radical (unpaired) electrons. The number of carbonyl (C=O) groups excluding carboxylic acids is 2. The predicted molar refractivity (Wildman–Crippen MR) is 220 cm³/mol. The number of hydrogen-bond donors (Lipinski definition) is 2. The van der Waals surface area contributed by atoms with Crippen molar-refractivity contribution in [1.29, 1.82) is 0 Å². The number of nitrogens with zero attached hydrogens (tertiary/aromatic N) is 3. The molecule has 6 aromatic rings. The molecular weight excluding hydrogens is 782 g/mol. The van der Waals surface area contributed by atoms with E-state index in [0.717, 1.165) is 21.3 Å². The Labute approximate surface area is 342 Å². The smallest absolute Gasteiger partial charge is 0.392 e. The van der Waals surface area contributed by atoms with E-state index >= 15 is 0 Å². The lowest BCUT2D eigenvalue weighted by Crippen LogP contribution is -2.33. The fourth-order valence-corrected chi connectivity index (χ4v) is 7.90. The first-order valence-corrected chi connectivity index (χ1v) is 19.8. The van der Waals surface area contributed by atoms with E-state index in [1.807, 2.05) is 66.4 Å². The van der Waals surface area contributed by atoms with Gasteiger partial charge >= 0.3 is 18.1 Å². The summed E-state index contributed by atoms with van der Waals surface area (Å²) in [7, 11) is 0. The number of carboxylic acid groups (broad SMARTS) is 1. The van der Waals surface area contributed by atoms with Gasteiger partial charge in [-0.05, 0) is 117 Å². The molecule has 3 heterocycles. The summed E-state index contributed by atoms with van der Waals surface area (Å²) < 4.78 is 53.4. The average molecular weight is 823 g/mol. The molecule has 0 fully saturated rings. The number of ether oxygens (including phenoxy) is 2. The quantitative estimate of drug-likeness (QED) is 0.123. The molecule has 14 heteroatoms. The van der Waals surface area contributed by atoms with Crippen LogP contribution < -0.4 is 15.0 Å². The van der Waals surface area contributed by atoms with Gasteiger partial charge in [-0.2, -0.15) is 13.2 Å². The third-order valence-corrected chi connectivity index (χ3v) is 10.9. The fraction of sp³-hybridized carbons (Fsp3) is 0.267. The number of rotatable bonds is 11. The second kappa shape index (κ2) is 16.5. The molecule has 10 nitrogen and oxygen atoms in total. The topological polar surface area (TPSA) is 131 Å². The highest BCUT2D eigenvalue weighted by Gasteiger charge is 2.40. The molecule has 1 amide bonds. The van der Waals surface area contributed by atoms with Gasteiger partial charge in [-0.25, -0.2) is 14.8 Å². The van der Waals surface area contributed by atoms with Crippen molar-refractivity contribution in [3.05, 3.63) is 131 Å². The largest absolute Gasteiger partial charge is 0.481 e. The number of halogens is 3. The summed E-state index contributed by atoms with van der Waals surface area (Å²) in [5, 5.41) is 12.5. The van der Waals surface area contributed by atoms with E-state index in [1.54, 1.807) is 39.0 Å². The highest BCUT2D eigenvalue weighted by Crippen LogP contribution is 2.38. The second-order valence-corrected chi connectivity index (χ2v) is 16.4. The van der Waals surface area contributed by atoms with Gasteiger partial charge in [-0.3, -0.25) is 14.9 Å². The van der Waals surface area contributed by atoms with Gasteiger partial charge in [0.25, 0.3) is 5.91 Å². The summed E-state index contributed by atoms with van der Waals surface area (Å²) in [6.07, 6.45) is -5.51. The van der Waals surface area contributed by atoms with Gasteiger partial charge in [0.05, 0.1) is 22.6 Å². The van der Waals surface area contributed by atoms with Gasteiger partial charge in [-0.1, -0.05) is 59.9 Å². The summed E-state index contributed by atoms with van der Waals surface area (Å²) in [5.41, 5.74) is 4.67. The highest BCUT2D eigenvalue weighted by atomic mass is 32.1. The van der Waals surface area contributed by atoms with Crippen molar-refractivity contribution in [2.75, 3.05) is 16.8 Å². The van der Waals surface area contributed by atoms with E-state index in [-0.39, 0.29) is 11.6 Å². The first kappa shape index (κ1) is 40.9. The molecule has 0 saturated carbocycles. The van der Waals surface area contributed by atoms with Crippen LogP contribution in [0.15, 0.2) is 97.1 Å². The first-order valence-electron chi connectivity index (χ1n) is 18.9. The van der Waals surface area contributed by atoms with E-state index in [4.69, 9.17) is 19.6 Å². The Hall–Kier alpha value is -6.28. The van der Waals surface area contributed by atoms with Gasteiger partial charge in [0, 0.05) is 24.2 Å². The number of benzene rings is 4. The lowest BCUT2D eigenvalue weighted by Gasteiger charge is -2.31. The van der Waals surface area contributed by atoms with Crippen molar-refractivity contribution < 1.29 is 42.1 Å². The van der Waals surface area contributed by atoms with Gasteiger partial charge in [0.1, 0.15) is 22.9 Å². The first-order chi connectivity index (χ1) is 28.0. The van der Waals surface area contributed by atoms with Crippen LogP contribution >= 0.6 is 11.3 Å². The van der Waals surface area contributed by atoms with Crippen molar-refractivity contribution in [1.82, 2.24) is 9.97 Å². The number of nitrogens with one attached hydrogen (secondary N) is 1. The maximum absolute atomic E-state index is 13.9. The van der Waals surface area contributed by atoms with E-state index in [9.17, 15) is 27.6 Å². The van der Waals surface area contributed by atoms with Crippen LogP contribution in [-0.4, -0.2) is 51.2 Å². The molecular formula is C45H41F3N4O6S. The number of amides is 1. The van der Waals surface area contributed by atoms with Crippen LogP contribution in [0.25, 0.3) is 21.3 Å². The number of pyridine rings is 1. The molecule has 0 aliphatic carbocycles. The standard InChI is InChI=1S/C45H41F3N4O6S/c1-26-31(10-8-13-36(26)57-30-17-15-27(16-18-30)23-29(24-39(53)54)45(46,47)48)32-19-20-38(50-40(32)42(56)58-44(2,3)4)52-22-21-28-9-7-11-33(34(28)25-52)41(55)51-43-49-35-12-5-6-14-37(35)59-43/h5-20,29H,21-25H2,1-4H3,(H,53,54)(H,49,51,55)/t29-/m0/s1. The minimum atomic E-state index is -4.66. The molecule has 0 bridgehead atoms. The minimum absolute atomic E-state index is 0.0928. The minimum Gasteiger partial charge on any atom is -0.481 e. The zero-order chi connectivity index (χ0) is 42.1. The van der Waals surface area contributed by atoms with Crippen molar-refractivity contribution in [2.24, 2.45) is 5.92 Å². The number of carbonyl (C=O) groups is 3. The molecule has 1 aliphatic heterocycles. The Morgan fingerprint density at radius 1 is 0.898 bits per heavy atom. The Kier molecular flexibility index (Phi) is 11.5. The van der Waals surface area contributed by atoms with Crippen LogP contribution in [0.4, 0.5) is 24.1 Å². The third kappa shape index (κ3) is 9.55. The van der Waals surface area contributed by atoms with Crippen LogP contribution in [0.3, 0.4) is 0 Å². The monoisotopic (exact) mass is 822 g/mol. The number of thiazole rings is 1. The van der Waals surface area contributed by atoms with Crippen LogP contribution in [-0.2, 0) is 28.9 Å². The Balaban J connectivity index is 1.15. The van der Waals surface area contributed by atoms with E-state index in [0.29, 0.717) is 69.8 Å². The number of alkyl halides is 3. The van der Waals surface area contributed by atoms with Gasteiger partial charge in [0.2, 0.25) is 0 Å². The fourth-order valence-electron chi connectivity index (χ4n) is 7.04. The number of aliphatic carboxylic acids is 1. The molecule has 1 atom stereocenters. The molecule has 59 heavy (non-hydrogen) atoms. The van der Waals surface area contributed by atoms with Crippen molar-refractivity contribution in [3.8, 4) is 22.6 Å². The zero-order valence-corrected chi connectivity index (χ0v) is 33.5. The average Bonchev–Trinajstić information content (AvgIpc) is 3.59. The molecule has 7 rings (SSSR count). The van der Waals surface area contributed by atoms with Crippen LogP contribution in [0.1, 0.15) is 70.3 Å². The molecule has 0 spiro atoms. The summed E-state index contributed by atoms with van der Waals surface area (Å²) in [6.45, 7) is 8.12. The Morgan fingerprint density at radius 2 is 1.64 bits per heavy atom. The van der Waals surface area contributed by atoms with Crippen LogP contribution in [0.5, 0.6) is 11.5 Å². The number of aromatic nitrogens is 2. The second-order valence-electron chi connectivity index (χ2n) is 15.3. The zero-order valence-electron chi connectivity index (χ0n) is 32.7. The SMILES string of the molecule is Cc1c(Oc2ccc(C[C@@H](CC(=O)O)C(F)(F)F)cc2)cccc1-c1ccc(N2CCc3cccc(C(=O)Nc4nc5ccccc5s4)c3C2)nc1C(=O)OC(C)(C)C. The summed E-state index contributed by atoms with van der Waals surface area (Å²) >= 11 is 1.41. The molecule has 0 unspecified atom stereocenters. The summed E-state index contributed by atoms with van der Waals surface area (Å²) in [4.78, 5) is 50.1. The summed E-state index contributed by atoms with van der Waals surface area (Å²) in [6, 6.07) is 28.4. The molecule has 2 aromatic heterocycles. The van der Waals surface area contributed by atoms with E-state index in [1.165, 1.54) is 35.6 Å². The number of anilines is 2. The lowest BCUT2D eigenvalue weighted by molar-refractivity contribution is -0.182. The van der Waals surface area contributed by atoms with E-state index < -0.39 is 42.5 Å².